The highest BCUT2D eigenvalue weighted by atomic mass is 16.5. The van der Waals surface area contributed by atoms with Gasteiger partial charge in [0.15, 0.2) is 5.82 Å². The van der Waals surface area contributed by atoms with Crippen molar-refractivity contribution in [3.8, 4) is 11.6 Å². The van der Waals surface area contributed by atoms with Crippen molar-refractivity contribution < 1.29 is 4.52 Å². The second-order valence-electron chi connectivity index (χ2n) is 4.17. The van der Waals surface area contributed by atoms with E-state index >= 15 is 0 Å². The average Bonchev–Trinajstić information content (AvgIpc) is 2.84. The SMILES string of the molecule is CN(C)CC(N)c1noc(-c2ccnn2C)n1. The molecule has 0 saturated heterocycles. The lowest BCUT2D eigenvalue weighted by Gasteiger charge is -2.12. The summed E-state index contributed by atoms with van der Waals surface area (Å²) in [6.07, 6.45) is 1.68. The van der Waals surface area contributed by atoms with E-state index in [1.54, 1.807) is 10.9 Å². The molecule has 2 N–H and O–H groups in total. The van der Waals surface area contributed by atoms with E-state index < -0.39 is 0 Å². The maximum atomic E-state index is 5.95. The molecular formula is C10H16N6O. The van der Waals surface area contributed by atoms with E-state index in [0.717, 1.165) is 5.69 Å². The molecule has 0 saturated carbocycles. The van der Waals surface area contributed by atoms with Gasteiger partial charge in [0.2, 0.25) is 0 Å². The maximum absolute atomic E-state index is 5.95. The summed E-state index contributed by atoms with van der Waals surface area (Å²) in [5, 5.41) is 7.93. The maximum Gasteiger partial charge on any atom is 0.276 e. The van der Waals surface area contributed by atoms with Gasteiger partial charge in [-0.05, 0) is 20.2 Å². The highest BCUT2D eigenvalue weighted by Gasteiger charge is 2.17. The Balaban J connectivity index is 2.19. The Kier molecular flexibility index (Phi) is 3.21. The number of aromatic nitrogens is 4. The van der Waals surface area contributed by atoms with Crippen molar-refractivity contribution in [3.63, 3.8) is 0 Å². The van der Waals surface area contributed by atoms with Crippen molar-refractivity contribution in [3.05, 3.63) is 18.1 Å². The van der Waals surface area contributed by atoms with Gasteiger partial charge >= 0.3 is 0 Å². The van der Waals surface area contributed by atoms with Gasteiger partial charge in [-0.3, -0.25) is 4.68 Å². The molecule has 1 unspecified atom stereocenters. The Hall–Kier alpha value is -1.73. The molecule has 0 aliphatic heterocycles. The Morgan fingerprint density at radius 2 is 2.29 bits per heavy atom. The van der Waals surface area contributed by atoms with Crippen molar-refractivity contribution in [1.29, 1.82) is 0 Å². The first kappa shape index (κ1) is 11.7. The second kappa shape index (κ2) is 4.64. The van der Waals surface area contributed by atoms with E-state index in [4.69, 9.17) is 10.3 Å². The van der Waals surface area contributed by atoms with Crippen LogP contribution in [0.5, 0.6) is 0 Å². The summed E-state index contributed by atoms with van der Waals surface area (Å²) in [7, 11) is 5.71. The summed E-state index contributed by atoms with van der Waals surface area (Å²) < 4.78 is 6.85. The third kappa shape index (κ3) is 2.51. The van der Waals surface area contributed by atoms with Crippen LogP contribution < -0.4 is 5.73 Å². The number of nitrogens with two attached hydrogens (primary N) is 1. The Labute approximate surface area is 99.2 Å². The van der Waals surface area contributed by atoms with Crippen LogP contribution in [0.25, 0.3) is 11.6 Å². The molecule has 2 rings (SSSR count). The molecule has 7 nitrogen and oxygen atoms in total. The lowest BCUT2D eigenvalue weighted by molar-refractivity contribution is 0.356. The van der Waals surface area contributed by atoms with Gasteiger partial charge in [0.1, 0.15) is 5.69 Å². The van der Waals surface area contributed by atoms with Crippen molar-refractivity contribution in [1.82, 2.24) is 24.8 Å². The highest BCUT2D eigenvalue weighted by molar-refractivity contribution is 5.45. The van der Waals surface area contributed by atoms with E-state index in [1.807, 2.05) is 32.1 Å². The van der Waals surface area contributed by atoms with Gasteiger partial charge in [0, 0.05) is 19.8 Å². The quantitative estimate of drug-likeness (QED) is 0.806. The van der Waals surface area contributed by atoms with Gasteiger partial charge in [-0.25, -0.2) is 0 Å². The fraction of sp³-hybridized carbons (Fsp3) is 0.500. The Morgan fingerprint density at radius 3 is 2.88 bits per heavy atom. The molecule has 0 fully saturated rings. The van der Waals surface area contributed by atoms with Gasteiger partial charge in [-0.15, -0.1) is 0 Å². The standard InChI is InChI=1S/C10H16N6O/c1-15(2)6-7(11)9-13-10(17-14-9)8-4-5-12-16(8)3/h4-5,7H,6,11H2,1-3H3. The lowest BCUT2D eigenvalue weighted by Crippen LogP contribution is -2.26. The molecule has 92 valence electrons. The van der Waals surface area contributed by atoms with Crippen molar-refractivity contribution in [2.45, 2.75) is 6.04 Å². The zero-order valence-electron chi connectivity index (χ0n) is 10.2. The molecule has 0 aromatic carbocycles. The lowest BCUT2D eigenvalue weighted by atomic mass is 10.3. The third-order valence-corrected chi connectivity index (χ3v) is 2.38. The van der Waals surface area contributed by atoms with Gasteiger partial charge in [0.05, 0.1) is 6.04 Å². The second-order valence-corrected chi connectivity index (χ2v) is 4.17. The van der Waals surface area contributed by atoms with Crippen LogP contribution in [-0.4, -0.2) is 45.5 Å². The number of nitrogens with zero attached hydrogens (tertiary/aromatic N) is 5. The van der Waals surface area contributed by atoms with Crippen LogP contribution >= 0.6 is 0 Å². The van der Waals surface area contributed by atoms with Crippen LogP contribution in [-0.2, 0) is 7.05 Å². The van der Waals surface area contributed by atoms with Crippen LogP contribution in [0, 0.1) is 0 Å². The van der Waals surface area contributed by atoms with E-state index in [1.165, 1.54) is 0 Å². The molecule has 2 aromatic rings. The first-order chi connectivity index (χ1) is 8.08. The molecular weight excluding hydrogens is 220 g/mol. The number of rotatable bonds is 4. The minimum absolute atomic E-state index is 0.254. The normalized spacial score (nSPS) is 13.2. The van der Waals surface area contributed by atoms with Crippen LogP contribution in [0.4, 0.5) is 0 Å². The van der Waals surface area contributed by atoms with Crippen molar-refractivity contribution in [2.75, 3.05) is 20.6 Å². The molecule has 0 amide bonds. The average molecular weight is 236 g/mol. The van der Waals surface area contributed by atoms with Gasteiger partial charge in [0.25, 0.3) is 5.89 Å². The fourth-order valence-corrected chi connectivity index (χ4v) is 1.55. The first-order valence-electron chi connectivity index (χ1n) is 5.30. The van der Waals surface area contributed by atoms with E-state index in [-0.39, 0.29) is 6.04 Å². The molecule has 0 bridgehead atoms. The number of likely N-dealkylation sites (N-methyl/N-ethyl adjacent to an activating group) is 1. The number of hydrogen-bond donors (Lipinski definition) is 1. The smallest absolute Gasteiger partial charge is 0.276 e. The summed E-state index contributed by atoms with van der Waals surface area (Å²) in [6.45, 7) is 0.671. The molecule has 0 spiro atoms. The first-order valence-corrected chi connectivity index (χ1v) is 5.30. The van der Waals surface area contributed by atoms with E-state index in [2.05, 4.69) is 15.2 Å². The third-order valence-electron chi connectivity index (χ3n) is 2.38. The summed E-state index contributed by atoms with van der Waals surface area (Å²) in [6, 6.07) is 1.56. The minimum Gasteiger partial charge on any atom is -0.332 e. The minimum atomic E-state index is -0.254. The largest absolute Gasteiger partial charge is 0.332 e. The molecule has 0 aliphatic rings. The molecule has 17 heavy (non-hydrogen) atoms. The van der Waals surface area contributed by atoms with Crippen LogP contribution in [0.3, 0.4) is 0 Å². The topological polar surface area (TPSA) is 86.0 Å². The van der Waals surface area contributed by atoms with Gasteiger partial charge in [-0.2, -0.15) is 10.1 Å². The molecule has 2 aromatic heterocycles. The van der Waals surface area contributed by atoms with Crippen molar-refractivity contribution in [2.24, 2.45) is 12.8 Å². The molecule has 0 radical (unpaired) electrons. The Bertz CT molecular complexity index is 488. The predicted octanol–water partition coefficient (Wildman–Crippen LogP) is 0.0315. The number of aryl methyl sites for hydroxylation is 1. The van der Waals surface area contributed by atoms with Gasteiger partial charge < -0.3 is 15.2 Å². The van der Waals surface area contributed by atoms with Crippen LogP contribution in [0.1, 0.15) is 11.9 Å². The van der Waals surface area contributed by atoms with Gasteiger partial charge in [-0.1, -0.05) is 5.16 Å². The summed E-state index contributed by atoms with van der Waals surface area (Å²) in [5.74, 6) is 0.948. The van der Waals surface area contributed by atoms with Crippen molar-refractivity contribution >= 4 is 0 Å². The predicted molar refractivity (Wildman–Crippen MR) is 62.0 cm³/mol. The van der Waals surface area contributed by atoms with Crippen LogP contribution in [0.2, 0.25) is 0 Å². The van der Waals surface area contributed by atoms with E-state index in [9.17, 15) is 0 Å². The molecule has 1 atom stereocenters. The molecule has 7 heteroatoms. The molecule has 2 heterocycles. The molecule has 0 aliphatic carbocycles. The monoisotopic (exact) mass is 236 g/mol. The number of hydrogen-bond acceptors (Lipinski definition) is 6. The zero-order chi connectivity index (χ0) is 12.4. The fourth-order valence-electron chi connectivity index (χ4n) is 1.55. The summed E-state index contributed by atoms with van der Waals surface area (Å²) >= 11 is 0. The Morgan fingerprint density at radius 1 is 1.53 bits per heavy atom. The highest BCUT2D eigenvalue weighted by Crippen LogP contribution is 2.17. The summed E-state index contributed by atoms with van der Waals surface area (Å²) in [4.78, 5) is 6.25. The van der Waals surface area contributed by atoms with E-state index in [0.29, 0.717) is 18.3 Å². The van der Waals surface area contributed by atoms with Crippen LogP contribution in [0.15, 0.2) is 16.8 Å². The summed E-state index contributed by atoms with van der Waals surface area (Å²) in [5.41, 5.74) is 6.73. The zero-order valence-corrected chi connectivity index (χ0v) is 10.2.